The van der Waals surface area contributed by atoms with Crippen LogP contribution in [0.5, 0.6) is 11.5 Å². The molecule has 2 aromatic heterocycles. The molecule has 1 atom stereocenters. The van der Waals surface area contributed by atoms with Gasteiger partial charge < -0.3 is 10.1 Å². The van der Waals surface area contributed by atoms with Crippen molar-refractivity contribution in [2.24, 2.45) is 0 Å². The SMILES string of the molecule is CC(C(=O)Nc1nc2ccc(Oc3ccccc3)cc2s1)n1cccn1. The first kappa shape index (κ1) is 16.3. The maximum Gasteiger partial charge on any atom is 0.250 e. The first-order valence-corrected chi connectivity index (χ1v) is 8.94. The van der Waals surface area contributed by atoms with Crippen molar-refractivity contribution in [1.29, 1.82) is 0 Å². The third kappa shape index (κ3) is 3.43. The van der Waals surface area contributed by atoms with Gasteiger partial charge in [0.15, 0.2) is 5.13 Å². The lowest BCUT2D eigenvalue weighted by molar-refractivity contribution is -0.119. The molecule has 0 saturated carbocycles. The van der Waals surface area contributed by atoms with E-state index in [1.165, 1.54) is 11.3 Å². The molecule has 0 radical (unpaired) electrons. The molecule has 4 aromatic rings. The largest absolute Gasteiger partial charge is 0.457 e. The number of carbonyl (C=O) groups is 1. The number of rotatable bonds is 5. The van der Waals surface area contributed by atoms with Gasteiger partial charge in [0.05, 0.1) is 10.2 Å². The molecule has 2 heterocycles. The van der Waals surface area contributed by atoms with E-state index in [1.54, 1.807) is 30.1 Å². The van der Waals surface area contributed by atoms with E-state index in [9.17, 15) is 4.79 Å². The van der Waals surface area contributed by atoms with Crippen molar-refractivity contribution >= 4 is 32.6 Å². The molecule has 0 spiro atoms. The molecule has 26 heavy (non-hydrogen) atoms. The number of anilines is 1. The number of hydrogen-bond acceptors (Lipinski definition) is 5. The Morgan fingerprint density at radius 3 is 2.77 bits per heavy atom. The van der Waals surface area contributed by atoms with Crippen LogP contribution < -0.4 is 10.1 Å². The maximum atomic E-state index is 12.4. The summed E-state index contributed by atoms with van der Waals surface area (Å²) in [6.07, 6.45) is 3.41. The van der Waals surface area contributed by atoms with Crippen LogP contribution in [0.3, 0.4) is 0 Å². The lowest BCUT2D eigenvalue weighted by Crippen LogP contribution is -2.23. The fourth-order valence-electron chi connectivity index (χ4n) is 2.49. The number of para-hydroxylation sites is 1. The minimum atomic E-state index is -0.408. The van der Waals surface area contributed by atoms with E-state index in [-0.39, 0.29) is 5.91 Å². The third-order valence-electron chi connectivity index (χ3n) is 3.87. The monoisotopic (exact) mass is 364 g/mol. The lowest BCUT2D eigenvalue weighted by Gasteiger charge is -2.10. The molecule has 0 aliphatic heterocycles. The normalized spacial score (nSPS) is 12.0. The van der Waals surface area contributed by atoms with E-state index in [0.717, 1.165) is 21.7 Å². The Balaban J connectivity index is 1.51. The predicted molar refractivity (Wildman–Crippen MR) is 102 cm³/mol. The summed E-state index contributed by atoms with van der Waals surface area (Å²) in [5.41, 5.74) is 0.817. The van der Waals surface area contributed by atoms with E-state index in [0.29, 0.717) is 5.13 Å². The van der Waals surface area contributed by atoms with Gasteiger partial charge in [-0.05, 0) is 37.3 Å². The fourth-order valence-corrected chi connectivity index (χ4v) is 3.38. The first-order chi connectivity index (χ1) is 12.7. The number of amides is 1. The van der Waals surface area contributed by atoms with E-state index in [4.69, 9.17) is 4.74 Å². The zero-order chi connectivity index (χ0) is 17.9. The van der Waals surface area contributed by atoms with E-state index >= 15 is 0 Å². The Kier molecular flexibility index (Phi) is 4.37. The summed E-state index contributed by atoms with van der Waals surface area (Å²) < 4.78 is 8.39. The van der Waals surface area contributed by atoms with Crippen LogP contribution in [-0.2, 0) is 4.79 Å². The number of fused-ring (bicyclic) bond motifs is 1. The second-order valence-electron chi connectivity index (χ2n) is 5.71. The van der Waals surface area contributed by atoms with Gasteiger partial charge >= 0.3 is 0 Å². The van der Waals surface area contributed by atoms with Crippen LogP contribution in [0.4, 0.5) is 5.13 Å². The van der Waals surface area contributed by atoms with Crippen molar-refractivity contribution < 1.29 is 9.53 Å². The van der Waals surface area contributed by atoms with Gasteiger partial charge in [-0.1, -0.05) is 29.5 Å². The summed E-state index contributed by atoms with van der Waals surface area (Å²) >= 11 is 1.41. The smallest absolute Gasteiger partial charge is 0.250 e. The molecule has 4 rings (SSSR count). The first-order valence-electron chi connectivity index (χ1n) is 8.12. The van der Waals surface area contributed by atoms with Gasteiger partial charge in [-0.3, -0.25) is 9.48 Å². The number of nitrogens with one attached hydrogen (secondary N) is 1. The molecule has 0 bridgehead atoms. The Hall–Kier alpha value is -3.19. The van der Waals surface area contributed by atoms with E-state index in [1.807, 2.05) is 48.5 Å². The molecule has 1 unspecified atom stereocenters. The Morgan fingerprint density at radius 2 is 2.00 bits per heavy atom. The number of benzene rings is 2. The number of ether oxygens (including phenoxy) is 1. The van der Waals surface area contributed by atoms with Crippen molar-refractivity contribution in [1.82, 2.24) is 14.8 Å². The van der Waals surface area contributed by atoms with Crippen molar-refractivity contribution in [3.63, 3.8) is 0 Å². The van der Waals surface area contributed by atoms with Crippen LogP contribution in [0.25, 0.3) is 10.2 Å². The molecule has 0 aliphatic carbocycles. The number of carbonyl (C=O) groups excluding carboxylic acids is 1. The molecule has 1 amide bonds. The number of hydrogen-bond donors (Lipinski definition) is 1. The number of nitrogens with zero attached hydrogens (tertiary/aromatic N) is 3. The predicted octanol–water partition coefficient (Wildman–Crippen LogP) is 4.48. The molecule has 6 nitrogen and oxygen atoms in total. The van der Waals surface area contributed by atoms with Gasteiger partial charge in [-0.2, -0.15) is 5.10 Å². The quantitative estimate of drug-likeness (QED) is 0.567. The highest BCUT2D eigenvalue weighted by Crippen LogP contribution is 2.31. The van der Waals surface area contributed by atoms with Crippen LogP contribution in [0.2, 0.25) is 0 Å². The maximum absolute atomic E-state index is 12.4. The Bertz CT molecular complexity index is 1030. The second-order valence-corrected chi connectivity index (χ2v) is 6.75. The van der Waals surface area contributed by atoms with Gasteiger partial charge in [0.2, 0.25) is 0 Å². The van der Waals surface area contributed by atoms with Gasteiger partial charge in [0, 0.05) is 18.5 Å². The minimum Gasteiger partial charge on any atom is -0.457 e. The van der Waals surface area contributed by atoms with E-state index in [2.05, 4.69) is 15.4 Å². The van der Waals surface area contributed by atoms with Crippen LogP contribution in [0, 0.1) is 0 Å². The zero-order valence-electron chi connectivity index (χ0n) is 14.0. The highest BCUT2D eigenvalue weighted by atomic mass is 32.1. The Morgan fingerprint density at radius 1 is 1.15 bits per heavy atom. The highest BCUT2D eigenvalue weighted by Gasteiger charge is 2.17. The van der Waals surface area contributed by atoms with Crippen molar-refractivity contribution in [3.05, 3.63) is 67.0 Å². The molecule has 1 N–H and O–H groups in total. The number of aromatic nitrogens is 3. The van der Waals surface area contributed by atoms with Crippen molar-refractivity contribution in [2.45, 2.75) is 13.0 Å². The van der Waals surface area contributed by atoms with Crippen molar-refractivity contribution in [2.75, 3.05) is 5.32 Å². The molecule has 0 saturated heterocycles. The standard InChI is InChI=1S/C19H16N4O2S/c1-13(23-11-5-10-20-23)18(24)22-19-21-16-9-8-15(12-17(16)26-19)25-14-6-3-2-4-7-14/h2-13H,1H3,(H,21,22,24). The van der Waals surface area contributed by atoms with Gasteiger partial charge in [-0.25, -0.2) is 4.98 Å². The average Bonchev–Trinajstić information content (AvgIpc) is 3.31. The van der Waals surface area contributed by atoms with Gasteiger partial charge in [0.25, 0.3) is 5.91 Å². The number of thiazole rings is 1. The zero-order valence-corrected chi connectivity index (χ0v) is 14.8. The van der Waals surface area contributed by atoms with Crippen LogP contribution in [0.15, 0.2) is 67.0 Å². The molecule has 130 valence electrons. The topological polar surface area (TPSA) is 69.0 Å². The second kappa shape index (κ2) is 6.97. The molecule has 0 aliphatic rings. The third-order valence-corrected chi connectivity index (χ3v) is 4.80. The van der Waals surface area contributed by atoms with Crippen LogP contribution in [-0.4, -0.2) is 20.7 Å². The molecular weight excluding hydrogens is 348 g/mol. The van der Waals surface area contributed by atoms with Crippen LogP contribution >= 0.6 is 11.3 Å². The van der Waals surface area contributed by atoms with Crippen LogP contribution in [0.1, 0.15) is 13.0 Å². The lowest BCUT2D eigenvalue weighted by atomic mass is 10.3. The molecule has 2 aromatic carbocycles. The van der Waals surface area contributed by atoms with Gasteiger partial charge in [0.1, 0.15) is 17.5 Å². The summed E-state index contributed by atoms with van der Waals surface area (Å²) in [5.74, 6) is 1.35. The summed E-state index contributed by atoms with van der Waals surface area (Å²) in [5, 5.41) is 7.51. The minimum absolute atomic E-state index is 0.159. The Labute approximate surface area is 154 Å². The van der Waals surface area contributed by atoms with Gasteiger partial charge in [-0.15, -0.1) is 0 Å². The summed E-state index contributed by atoms with van der Waals surface area (Å²) in [4.78, 5) is 16.8. The highest BCUT2D eigenvalue weighted by molar-refractivity contribution is 7.22. The average molecular weight is 364 g/mol. The molecular formula is C19H16N4O2S. The van der Waals surface area contributed by atoms with E-state index < -0.39 is 6.04 Å². The summed E-state index contributed by atoms with van der Waals surface area (Å²) in [6, 6.07) is 16.7. The summed E-state index contributed by atoms with van der Waals surface area (Å²) in [6.45, 7) is 1.79. The molecule has 7 heteroatoms. The van der Waals surface area contributed by atoms with Crippen molar-refractivity contribution in [3.8, 4) is 11.5 Å². The molecule has 0 fully saturated rings. The summed E-state index contributed by atoms with van der Waals surface area (Å²) in [7, 11) is 0. The fraction of sp³-hybridized carbons (Fsp3) is 0.105.